The highest BCUT2D eigenvalue weighted by atomic mass is 16.3. The highest BCUT2D eigenvalue weighted by Gasteiger charge is 2.38. The Balaban J connectivity index is 1.11. The zero-order valence-electron chi connectivity index (χ0n) is 36.9. The van der Waals surface area contributed by atoms with Crippen molar-refractivity contribution in [3.05, 3.63) is 152 Å². The molecule has 11 nitrogen and oxygen atoms in total. The van der Waals surface area contributed by atoms with Crippen LogP contribution in [0.25, 0.3) is 131 Å². The van der Waals surface area contributed by atoms with E-state index >= 15 is 0 Å². The number of rotatable bonds is 5. The molecular formula is C60H36O11. The molecule has 0 fully saturated rings. The van der Waals surface area contributed by atoms with Crippen molar-refractivity contribution in [2.24, 2.45) is 0 Å². The molecule has 0 aliphatic carbocycles. The molecule has 342 valence electrons. The summed E-state index contributed by atoms with van der Waals surface area (Å²) in [6, 6.07) is 45.4. The van der Waals surface area contributed by atoms with Gasteiger partial charge in [0.05, 0.1) is 38.9 Å². The first-order valence-electron chi connectivity index (χ1n) is 22.5. The lowest BCUT2D eigenvalue weighted by molar-refractivity contribution is 0.363. The van der Waals surface area contributed by atoms with Crippen LogP contribution in [-0.2, 0) is 0 Å². The number of hydrogen-bond acceptors (Lipinski definition) is 11. The van der Waals surface area contributed by atoms with Crippen LogP contribution in [0, 0.1) is 0 Å². The SMILES string of the molecule is Oc1c(O)c(-c2c(O)c(-c3c(O)c(O)c(-c4ccc5ccc6cccc7ccc4c5c67)c(O)c3O)c(O)c(-c3cccc4ccccc34)c2O)c(O)c(-c2ccc3ccc4cccc5ccc2c3c45)c1O. The van der Waals surface area contributed by atoms with E-state index < -0.39 is 96.6 Å². The number of hydrogen-bond donors (Lipinski definition) is 11. The van der Waals surface area contributed by atoms with Crippen LogP contribution < -0.4 is 0 Å². The van der Waals surface area contributed by atoms with E-state index in [0.717, 1.165) is 53.9 Å². The van der Waals surface area contributed by atoms with Crippen molar-refractivity contribution in [2.75, 3.05) is 0 Å². The van der Waals surface area contributed by atoms with Crippen LogP contribution >= 0.6 is 0 Å². The number of phenolic OH excluding ortho intramolecular Hbond substituents is 11. The second-order valence-corrected chi connectivity index (χ2v) is 17.9. The molecule has 71 heavy (non-hydrogen) atoms. The zero-order chi connectivity index (χ0) is 48.9. The molecule has 0 aliphatic heterocycles. The second-order valence-electron chi connectivity index (χ2n) is 17.9. The smallest absolute Gasteiger partial charge is 0.201 e. The number of benzene rings is 13. The predicted octanol–water partition coefficient (Wildman–Crippen LogP) is 13.7. The van der Waals surface area contributed by atoms with E-state index in [2.05, 4.69) is 0 Å². The van der Waals surface area contributed by atoms with Crippen LogP contribution in [0.15, 0.2) is 152 Å². The van der Waals surface area contributed by atoms with Gasteiger partial charge in [-0.25, -0.2) is 0 Å². The third-order valence-corrected chi connectivity index (χ3v) is 14.4. The Labute approximate surface area is 400 Å². The van der Waals surface area contributed by atoms with E-state index in [4.69, 9.17) is 0 Å². The Morgan fingerprint density at radius 3 is 0.958 bits per heavy atom. The van der Waals surface area contributed by atoms with Gasteiger partial charge in [-0.15, -0.1) is 0 Å². The van der Waals surface area contributed by atoms with Crippen LogP contribution in [0.4, 0.5) is 0 Å². The van der Waals surface area contributed by atoms with Crippen LogP contribution in [0.1, 0.15) is 0 Å². The molecule has 0 atom stereocenters. The summed E-state index contributed by atoms with van der Waals surface area (Å²) in [6.07, 6.45) is 0. The average molecular weight is 933 g/mol. The van der Waals surface area contributed by atoms with E-state index in [-0.39, 0.29) is 22.3 Å². The maximum atomic E-state index is 12.6. The lowest BCUT2D eigenvalue weighted by Gasteiger charge is -2.24. The number of aromatic hydroxyl groups is 11. The first kappa shape index (κ1) is 41.2. The maximum absolute atomic E-state index is 12.6. The van der Waals surface area contributed by atoms with Crippen molar-refractivity contribution in [3.8, 4) is 119 Å². The Morgan fingerprint density at radius 2 is 0.451 bits per heavy atom. The number of fused-ring (bicyclic) bond motifs is 1. The lowest BCUT2D eigenvalue weighted by Crippen LogP contribution is -1.96. The van der Waals surface area contributed by atoms with E-state index in [1.807, 2.05) is 72.8 Å². The predicted molar refractivity (Wildman–Crippen MR) is 277 cm³/mol. The van der Waals surface area contributed by atoms with Gasteiger partial charge in [0.1, 0.15) is 23.0 Å². The molecule has 0 radical (unpaired) electrons. The summed E-state index contributed by atoms with van der Waals surface area (Å²) in [4.78, 5) is 0. The Hall–Kier alpha value is -10.0. The van der Waals surface area contributed by atoms with Gasteiger partial charge in [0.25, 0.3) is 0 Å². The Bertz CT molecular complexity index is 4420. The van der Waals surface area contributed by atoms with Crippen LogP contribution in [0.5, 0.6) is 63.2 Å². The van der Waals surface area contributed by atoms with Crippen LogP contribution in [-0.4, -0.2) is 56.2 Å². The van der Waals surface area contributed by atoms with Crippen molar-refractivity contribution < 1.29 is 56.2 Å². The Morgan fingerprint density at radius 1 is 0.169 bits per heavy atom. The minimum Gasteiger partial charge on any atom is -0.506 e. The molecule has 13 aromatic carbocycles. The van der Waals surface area contributed by atoms with Crippen molar-refractivity contribution in [3.63, 3.8) is 0 Å². The quantitative estimate of drug-likeness (QED) is 0.0442. The lowest BCUT2D eigenvalue weighted by atomic mass is 9.84. The molecular weight excluding hydrogens is 897 g/mol. The highest BCUT2D eigenvalue weighted by Crippen LogP contribution is 2.66. The molecule has 11 N–H and O–H groups in total. The minimum absolute atomic E-state index is 0.118. The molecule has 0 aromatic heterocycles. The summed E-state index contributed by atoms with van der Waals surface area (Å²) in [7, 11) is 0. The summed E-state index contributed by atoms with van der Waals surface area (Å²) >= 11 is 0. The van der Waals surface area contributed by atoms with Gasteiger partial charge in [-0.05, 0) is 92.1 Å². The molecule has 0 amide bonds. The van der Waals surface area contributed by atoms with E-state index in [0.29, 0.717) is 21.5 Å². The maximum Gasteiger partial charge on any atom is 0.201 e. The fourth-order valence-electron chi connectivity index (χ4n) is 11.2. The third-order valence-electron chi connectivity index (χ3n) is 14.4. The van der Waals surface area contributed by atoms with Gasteiger partial charge < -0.3 is 56.2 Å². The summed E-state index contributed by atoms with van der Waals surface area (Å²) in [6.45, 7) is 0. The molecule has 0 aliphatic rings. The van der Waals surface area contributed by atoms with Gasteiger partial charge in [-0.1, -0.05) is 152 Å². The molecule has 13 aromatic rings. The van der Waals surface area contributed by atoms with Crippen LogP contribution in [0.2, 0.25) is 0 Å². The molecule has 0 saturated carbocycles. The van der Waals surface area contributed by atoms with Crippen molar-refractivity contribution in [2.45, 2.75) is 0 Å². The van der Waals surface area contributed by atoms with E-state index in [1.54, 1.807) is 72.8 Å². The fraction of sp³-hybridized carbons (Fsp3) is 0. The van der Waals surface area contributed by atoms with Gasteiger partial charge in [-0.2, -0.15) is 0 Å². The second kappa shape index (κ2) is 14.5. The monoisotopic (exact) mass is 932 g/mol. The van der Waals surface area contributed by atoms with Gasteiger partial charge in [0.15, 0.2) is 34.5 Å². The fourth-order valence-corrected chi connectivity index (χ4v) is 11.2. The number of phenols is 11. The van der Waals surface area contributed by atoms with Crippen molar-refractivity contribution in [1.82, 2.24) is 0 Å². The van der Waals surface area contributed by atoms with E-state index in [1.165, 1.54) is 6.07 Å². The topological polar surface area (TPSA) is 223 Å². The molecule has 0 bridgehead atoms. The van der Waals surface area contributed by atoms with Crippen molar-refractivity contribution >= 4 is 75.4 Å². The molecule has 0 heterocycles. The first-order valence-corrected chi connectivity index (χ1v) is 22.5. The summed E-state index contributed by atoms with van der Waals surface area (Å²) < 4.78 is 0. The largest absolute Gasteiger partial charge is 0.506 e. The van der Waals surface area contributed by atoms with Gasteiger partial charge in [-0.3, -0.25) is 0 Å². The molecule has 0 spiro atoms. The van der Waals surface area contributed by atoms with Crippen molar-refractivity contribution in [1.29, 1.82) is 0 Å². The van der Waals surface area contributed by atoms with E-state index in [9.17, 15) is 56.2 Å². The molecule has 11 heteroatoms. The van der Waals surface area contributed by atoms with Crippen LogP contribution in [0.3, 0.4) is 0 Å². The molecule has 0 saturated heterocycles. The van der Waals surface area contributed by atoms with Gasteiger partial charge in [0, 0.05) is 0 Å². The summed E-state index contributed by atoms with van der Waals surface area (Å²) in [5.41, 5.74) is -4.21. The molecule has 0 unspecified atom stereocenters. The first-order chi connectivity index (χ1) is 34.3. The summed E-state index contributed by atoms with van der Waals surface area (Å²) in [5.74, 6) is -11.6. The third kappa shape index (κ3) is 5.42. The molecule has 13 rings (SSSR count). The highest BCUT2D eigenvalue weighted by molar-refractivity contribution is 6.27. The van der Waals surface area contributed by atoms with Gasteiger partial charge in [0.2, 0.25) is 5.75 Å². The van der Waals surface area contributed by atoms with Gasteiger partial charge >= 0.3 is 0 Å². The zero-order valence-corrected chi connectivity index (χ0v) is 36.9. The standard InChI is InChI=1S/C60H36O11/c61-50-43(34-13-5-7-26-6-1-2-12-33(26)34)51(62)47(49-57(68)54(65)45(55(66)58(49)69)38-25-21-32-17-15-28-9-4-11-30-19-23-36(38)42(32)40(28)30)53(64)46(50)48-52(63)44(56(67)60(71)59(48)70)37-24-20-31-16-14-27-8-3-10-29-18-22-35(37)41(31)39(27)29/h1-25,61-71H. The minimum atomic E-state index is -1.21. The Kier molecular flexibility index (Phi) is 8.42. The average Bonchev–Trinajstić information content (AvgIpc) is 3.38. The summed E-state index contributed by atoms with van der Waals surface area (Å²) in [5, 5.41) is 145. The normalized spacial score (nSPS) is 12.0.